The molecule has 0 spiro atoms. The molecule has 262 valence electrons. The molecule has 0 aliphatic rings. The van der Waals surface area contributed by atoms with Crippen LogP contribution < -0.4 is 4.90 Å². The molecule has 9 aromatic carbocycles. The maximum atomic E-state index is 2.48. The van der Waals surface area contributed by atoms with Gasteiger partial charge in [0.25, 0.3) is 0 Å². The summed E-state index contributed by atoms with van der Waals surface area (Å²) in [5.41, 5.74) is 9.46. The lowest BCUT2D eigenvalue weighted by molar-refractivity contribution is 1.18. The number of para-hydroxylation sites is 2. The molecule has 0 atom stereocenters. The van der Waals surface area contributed by atoms with Gasteiger partial charge in [0.15, 0.2) is 0 Å². The summed E-state index contributed by atoms with van der Waals surface area (Å²) in [6, 6.07) is 71.5. The lowest BCUT2D eigenvalue weighted by Crippen LogP contribution is -2.10. The summed E-state index contributed by atoms with van der Waals surface area (Å²) in [6.07, 6.45) is 0. The van der Waals surface area contributed by atoms with Crippen molar-refractivity contribution in [2.75, 3.05) is 4.90 Å². The molecule has 0 saturated heterocycles. The van der Waals surface area contributed by atoms with Crippen molar-refractivity contribution in [1.29, 1.82) is 0 Å². The first-order valence-electron chi connectivity index (χ1n) is 19.0. The van der Waals surface area contributed by atoms with Crippen LogP contribution in [0.5, 0.6) is 0 Å². The first-order valence-corrected chi connectivity index (χ1v) is 20.6. The molecule has 12 rings (SSSR count). The average Bonchev–Trinajstić information content (AvgIpc) is 3.94. The Bertz CT molecular complexity index is 3480. The zero-order chi connectivity index (χ0) is 36.7. The second-order valence-corrected chi connectivity index (χ2v) is 16.6. The molecule has 2 nitrogen and oxygen atoms in total. The summed E-state index contributed by atoms with van der Waals surface area (Å²) in [6.45, 7) is 0. The molecule has 0 saturated carbocycles. The van der Waals surface area contributed by atoms with E-state index in [-0.39, 0.29) is 0 Å². The Balaban J connectivity index is 1.20. The summed E-state index contributed by atoms with van der Waals surface area (Å²) >= 11 is 3.74. The number of fused-ring (bicyclic) bond motifs is 11. The topological polar surface area (TPSA) is 8.17 Å². The van der Waals surface area contributed by atoms with Crippen LogP contribution in [-0.4, -0.2) is 4.57 Å². The van der Waals surface area contributed by atoms with Crippen LogP contribution in [0.1, 0.15) is 0 Å². The third-order valence-electron chi connectivity index (χ3n) is 11.3. The molecule has 0 N–H and O–H groups in total. The standard InChI is InChI=1S/C52H32N2S2/c1-3-15-35(16-4-1)53(46-23-13-22-41-39-20-9-12-25-48(39)56-52(41)46)37-27-28-45-44(32-37)50-42(34-26-29-49-43(31-34)40-21-10-11-24-47(40)55-49)30-33-14-7-8-19-38(33)51(50)54(45)36-17-5-2-6-18-36/h1-32H. The summed E-state index contributed by atoms with van der Waals surface area (Å²) in [5, 5.41) is 10.2. The zero-order valence-electron chi connectivity index (χ0n) is 30.2. The van der Waals surface area contributed by atoms with Crippen LogP contribution in [0, 0.1) is 0 Å². The Morgan fingerprint density at radius 2 is 1.07 bits per heavy atom. The molecule has 0 fully saturated rings. The molecule has 0 aliphatic carbocycles. The second-order valence-electron chi connectivity index (χ2n) is 14.5. The number of anilines is 3. The molecule has 0 radical (unpaired) electrons. The smallest absolute Gasteiger partial charge is 0.0640 e. The van der Waals surface area contributed by atoms with E-state index in [4.69, 9.17) is 0 Å². The largest absolute Gasteiger partial charge is 0.309 e. The molecule has 3 aromatic heterocycles. The quantitative estimate of drug-likeness (QED) is 0.170. The van der Waals surface area contributed by atoms with Crippen molar-refractivity contribution < 1.29 is 0 Å². The van der Waals surface area contributed by atoms with E-state index in [1.54, 1.807) is 0 Å². The van der Waals surface area contributed by atoms with E-state index in [0.717, 1.165) is 17.1 Å². The third kappa shape index (κ3) is 4.73. The molecule has 12 aromatic rings. The summed E-state index contributed by atoms with van der Waals surface area (Å²) in [5.74, 6) is 0. The molecular formula is C52H32N2S2. The van der Waals surface area contributed by atoms with Crippen molar-refractivity contribution >= 4 is 113 Å². The van der Waals surface area contributed by atoms with E-state index in [9.17, 15) is 0 Å². The molecule has 0 aliphatic heterocycles. The van der Waals surface area contributed by atoms with E-state index in [0.29, 0.717) is 0 Å². The van der Waals surface area contributed by atoms with Gasteiger partial charge in [0, 0.05) is 68.9 Å². The highest BCUT2D eigenvalue weighted by atomic mass is 32.1. The van der Waals surface area contributed by atoms with Crippen molar-refractivity contribution in [3.8, 4) is 16.8 Å². The molecule has 56 heavy (non-hydrogen) atoms. The lowest BCUT2D eigenvalue weighted by Gasteiger charge is -2.26. The van der Waals surface area contributed by atoms with Crippen molar-refractivity contribution in [2.24, 2.45) is 0 Å². The van der Waals surface area contributed by atoms with Crippen LogP contribution in [0.2, 0.25) is 0 Å². The van der Waals surface area contributed by atoms with Crippen LogP contribution in [-0.2, 0) is 0 Å². The fraction of sp³-hybridized carbons (Fsp3) is 0. The van der Waals surface area contributed by atoms with Crippen molar-refractivity contribution in [3.63, 3.8) is 0 Å². The number of hydrogen-bond donors (Lipinski definition) is 0. The van der Waals surface area contributed by atoms with Gasteiger partial charge in [-0.05, 0) is 95.4 Å². The summed E-state index contributed by atoms with van der Waals surface area (Å²) < 4.78 is 7.71. The number of thiophene rings is 2. The van der Waals surface area contributed by atoms with Gasteiger partial charge in [-0.1, -0.05) is 115 Å². The normalized spacial score (nSPS) is 11.9. The number of rotatable bonds is 5. The SMILES string of the molecule is c1ccc(N(c2ccc3c(c2)c2c(-c4ccc5sc6ccccc6c5c4)cc4ccccc4c2n3-c2ccccc2)c2cccc3c2sc2ccccc23)cc1. The minimum atomic E-state index is 1.12. The maximum absolute atomic E-state index is 2.48. The summed E-state index contributed by atoms with van der Waals surface area (Å²) in [7, 11) is 0. The number of nitrogens with zero attached hydrogens (tertiary/aromatic N) is 2. The van der Waals surface area contributed by atoms with E-state index in [1.807, 2.05) is 22.7 Å². The van der Waals surface area contributed by atoms with Gasteiger partial charge in [0.1, 0.15) is 0 Å². The van der Waals surface area contributed by atoms with Gasteiger partial charge in [0.2, 0.25) is 0 Å². The third-order valence-corrected chi connectivity index (χ3v) is 13.7. The van der Waals surface area contributed by atoms with Crippen LogP contribution in [0.25, 0.3) is 89.7 Å². The van der Waals surface area contributed by atoms with Gasteiger partial charge < -0.3 is 9.47 Å². The van der Waals surface area contributed by atoms with Crippen molar-refractivity contribution in [2.45, 2.75) is 0 Å². The highest BCUT2D eigenvalue weighted by molar-refractivity contribution is 7.26. The Labute approximate surface area is 331 Å². The van der Waals surface area contributed by atoms with Crippen LogP contribution in [0.3, 0.4) is 0 Å². The second kappa shape index (κ2) is 12.4. The minimum absolute atomic E-state index is 1.12. The number of benzene rings is 9. The van der Waals surface area contributed by atoms with Gasteiger partial charge >= 0.3 is 0 Å². The molecule has 3 heterocycles. The van der Waals surface area contributed by atoms with E-state index < -0.39 is 0 Å². The van der Waals surface area contributed by atoms with Crippen molar-refractivity contribution in [3.05, 3.63) is 194 Å². The highest BCUT2D eigenvalue weighted by Gasteiger charge is 2.23. The fourth-order valence-electron chi connectivity index (χ4n) is 8.89. The minimum Gasteiger partial charge on any atom is -0.309 e. The van der Waals surface area contributed by atoms with Gasteiger partial charge in [-0.3, -0.25) is 0 Å². The monoisotopic (exact) mass is 748 g/mol. The molecular weight excluding hydrogens is 717 g/mol. The van der Waals surface area contributed by atoms with Gasteiger partial charge in [-0.2, -0.15) is 0 Å². The lowest BCUT2D eigenvalue weighted by atomic mass is 9.94. The van der Waals surface area contributed by atoms with Crippen LogP contribution in [0.4, 0.5) is 17.1 Å². The van der Waals surface area contributed by atoms with Crippen LogP contribution in [0.15, 0.2) is 194 Å². The van der Waals surface area contributed by atoms with Crippen LogP contribution >= 0.6 is 22.7 Å². The van der Waals surface area contributed by atoms with E-state index in [1.165, 1.54) is 89.7 Å². The fourth-order valence-corrected chi connectivity index (χ4v) is 11.2. The molecule has 0 bridgehead atoms. The highest BCUT2D eigenvalue weighted by Crippen LogP contribution is 2.48. The first kappa shape index (κ1) is 31.6. The molecule has 0 unspecified atom stereocenters. The first-order chi connectivity index (χ1) is 27.8. The Hall–Kier alpha value is -6.72. The number of hydrogen-bond acceptors (Lipinski definition) is 3. The maximum Gasteiger partial charge on any atom is 0.0640 e. The van der Waals surface area contributed by atoms with Crippen molar-refractivity contribution in [1.82, 2.24) is 4.57 Å². The Kier molecular flexibility index (Phi) is 7.00. The van der Waals surface area contributed by atoms with Gasteiger partial charge in [0.05, 0.1) is 21.4 Å². The Morgan fingerprint density at radius 3 is 1.89 bits per heavy atom. The predicted octanol–water partition coefficient (Wildman–Crippen LogP) is 15.8. The average molecular weight is 749 g/mol. The van der Waals surface area contributed by atoms with E-state index in [2.05, 4.69) is 204 Å². The molecule has 0 amide bonds. The Morgan fingerprint density at radius 1 is 0.411 bits per heavy atom. The summed E-state index contributed by atoms with van der Waals surface area (Å²) in [4.78, 5) is 2.45. The zero-order valence-corrected chi connectivity index (χ0v) is 31.8. The van der Waals surface area contributed by atoms with E-state index >= 15 is 0 Å². The van der Waals surface area contributed by atoms with Gasteiger partial charge in [-0.15, -0.1) is 22.7 Å². The number of aromatic nitrogens is 1. The predicted molar refractivity (Wildman–Crippen MR) is 244 cm³/mol. The van der Waals surface area contributed by atoms with Gasteiger partial charge in [-0.25, -0.2) is 0 Å². The molecule has 4 heteroatoms.